The number of sulfonamides is 1. The minimum Gasteiger partial charge on any atom is -0.313 e. The molecule has 0 aromatic heterocycles. The first-order chi connectivity index (χ1) is 8.49. The highest BCUT2D eigenvalue weighted by Crippen LogP contribution is 2.20. The molecule has 0 spiro atoms. The Kier molecular flexibility index (Phi) is 4.27. The summed E-state index contributed by atoms with van der Waals surface area (Å²) in [6.07, 6.45) is 2.11. The summed E-state index contributed by atoms with van der Waals surface area (Å²) in [5, 5.41) is 3.68. The van der Waals surface area contributed by atoms with E-state index in [4.69, 9.17) is 11.6 Å². The number of nitrogens with one attached hydrogen (secondary N) is 2. The average Bonchev–Trinajstić information content (AvgIpc) is 2.83. The molecule has 4 nitrogen and oxygen atoms in total. The van der Waals surface area contributed by atoms with Gasteiger partial charge in [0.15, 0.2) is 0 Å². The van der Waals surface area contributed by atoms with E-state index in [2.05, 4.69) is 10.0 Å². The van der Waals surface area contributed by atoms with Crippen LogP contribution in [-0.4, -0.2) is 27.5 Å². The molecule has 2 rings (SSSR count). The first kappa shape index (κ1) is 13.8. The Hall–Kier alpha value is -0.620. The quantitative estimate of drug-likeness (QED) is 0.886. The van der Waals surface area contributed by atoms with E-state index in [9.17, 15) is 8.42 Å². The summed E-state index contributed by atoms with van der Waals surface area (Å²) in [6.45, 7) is 3.15. The van der Waals surface area contributed by atoms with Gasteiger partial charge in [0.1, 0.15) is 0 Å². The summed E-state index contributed by atoms with van der Waals surface area (Å²) in [4.78, 5) is 0.257. The number of aryl methyl sites for hydroxylation is 1. The molecule has 0 amide bonds. The van der Waals surface area contributed by atoms with Crippen molar-refractivity contribution in [2.24, 2.45) is 0 Å². The molecule has 1 fully saturated rings. The Morgan fingerprint density at radius 2 is 2.28 bits per heavy atom. The molecular formula is C12H17ClN2O2S. The number of halogens is 1. The van der Waals surface area contributed by atoms with Gasteiger partial charge in [-0.15, -0.1) is 0 Å². The summed E-state index contributed by atoms with van der Waals surface area (Å²) in [5.74, 6) is 0. The van der Waals surface area contributed by atoms with Crippen molar-refractivity contribution >= 4 is 21.6 Å². The van der Waals surface area contributed by atoms with Crippen molar-refractivity contribution in [3.8, 4) is 0 Å². The predicted molar refractivity (Wildman–Crippen MR) is 72.4 cm³/mol. The van der Waals surface area contributed by atoms with Gasteiger partial charge in [0.2, 0.25) is 10.0 Å². The van der Waals surface area contributed by atoms with Crippen molar-refractivity contribution in [1.29, 1.82) is 0 Å². The third-order valence-electron chi connectivity index (χ3n) is 3.12. The number of hydrogen-bond donors (Lipinski definition) is 2. The van der Waals surface area contributed by atoms with E-state index in [1.54, 1.807) is 19.1 Å². The van der Waals surface area contributed by atoms with Gasteiger partial charge in [-0.05, 0) is 44.0 Å². The molecule has 1 saturated heterocycles. The molecule has 2 N–H and O–H groups in total. The zero-order valence-electron chi connectivity index (χ0n) is 10.2. The van der Waals surface area contributed by atoms with Crippen LogP contribution in [0.25, 0.3) is 0 Å². The average molecular weight is 289 g/mol. The third kappa shape index (κ3) is 3.23. The molecule has 100 valence electrons. The molecule has 1 atom stereocenters. The summed E-state index contributed by atoms with van der Waals surface area (Å²) in [5.41, 5.74) is 0.700. The molecule has 18 heavy (non-hydrogen) atoms. The maximum atomic E-state index is 12.2. The fraction of sp³-hybridized carbons (Fsp3) is 0.500. The monoisotopic (exact) mass is 288 g/mol. The number of rotatable bonds is 4. The summed E-state index contributed by atoms with van der Waals surface area (Å²) >= 11 is 5.85. The highest BCUT2D eigenvalue weighted by atomic mass is 35.5. The molecule has 1 aliphatic heterocycles. The van der Waals surface area contributed by atoms with Crippen molar-refractivity contribution in [2.75, 3.05) is 13.1 Å². The van der Waals surface area contributed by atoms with Crippen LogP contribution in [0.3, 0.4) is 0 Å². The lowest BCUT2D eigenvalue weighted by Gasteiger charge is -2.13. The molecular weight excluding hydrogens is 272 g/mol. The van der Waals surface area contributed by atoms with Gasteiger partial charge in [0, 0.05) is 17.6 Å². The highest BCUT2D eigenvalue weighted by molar-refractivity contribution is 7.89. The van der Waals surface area contributed by atoms with Crippen molar-refractivity contribution < 1.29 is 8.42 Å². The van der Waals surface area contributed by atoms with Gasteiger partial charge in [-0.1, -0.05) is 17.7 Å². The largest absolute Gasteiger partial charge is 0.313 e. The first-order valence-electron chi connectivity index (χ1n) is 5.98. The van der Waals surface area contributed by atoms with Crippen LogP contribution < -0.4 is 10.0 Å². The second-order valence-electron chi connectivity index (χ2n) is 4.55. The van der Waals surface area contributed by atoms with E-state index in [0.29, 0.717) is 17.1 Å². The molecule has 6 heteroatoms. The predicted octanol–water partition coefficient (Wildman–Crippen LogP) is 1.68. The van der Waals surface area contributed by atoms with E-state index in [-0.39, 0.29) is 10.9 Å². The van der Waals surface area contributed by atoms with Crippen LogP contribution in [0.2, 0.25) is 5.02 Å². The SMILES string of the molecule is Cc1ccc(Cl)cc1S(=O)(=O)NCC1CCCN1. The standard InChI is InChI=1S/C12H17ClN2O2S/c1-9-4-5-10(13)7-12(9)18(16,17)15-8-11-3-2-6-14-11/h4-5,7,11,14-15H,2-3,6,8H2,1H3. The van der Waals surface area contributed by atoms with E-state index in [1.807, 2.05) is 0 Å². The van der Waals surface area contributed by atoms with Crippen LogP contribution in [0, 0.1) is 6.92 Å². The Bertz CT molecular complexity index is 525. The van der Waals surface area contributed by atoms with Crippen LogP contribution in [0.15, 0.2) is 23.1 Å². The van der Waals surface area contributed by atoms with Gasteiger partial charge in [0.25, 0.3) is 0 Å². The Labute approximate surface area is 113 Å². The molecule has 1 aromatic carbocycles. The van der Waals surface area contributed by atoms with E-state index in [0.717, 1.165) is 19.4 Å². The van der Waals surface area contributed by atoms with Gasteiger partial charge in [0.05, 0.1) is 4.90 Å². The van der Waals surface area contributed by atoms with E-state index < -0.39 is 10.0 Å². The molecule has 1 aliphatic rings. The highest BCUT2D eigenvalue weighted by Gasteiger charge is 2.20. The molecule has 0 aliphatic carbocycles. The van der Waals surface area contributed by atoms with Crippen LogP contribution >= 0.6 is 11.6 Å². The molecule has 1 aromatic rings. The maximum absolute atomic E-state index is 12.2. The molecule has 1 heterocycles. The van der Waals surface area contributed by atoms with Gasteiger partial charge >= 0.3 is 0 Å². The Morgan fingerprint density at radius 3 is 2.94 bits per heavy atom. The molecule has 1 unspecified atom stereocenters. The fourth-order valence-corrected chi connectivity index (χ4v) is 3.67. The van der Waals surface area contributed by atoms with Crippen LogP contribution in [0.1, 0.15) is 18.4 Å². The van der Waals surface area contributed by atoms with Crippen LogP contribution in [0.5, 0.6) is 0 Å². The normalized spacial score (nSPS) is 20.2. The van der Waals surface area contributed by atoms with E-state index in [1.165, 1.54) is 6.07 Å². The van der Waals surface area contributed by atoms with Gasteiger partial charge < -0.3 is 5.32 Å². The lowest BCUT2D eigenvalue weighted by atomic mass is 10.2. The second-order valence-corrected chi connectivity index (χ2v) is 6.73. The van der Waals surface area contributed by atoms with Crippen molar-refractivity contribution in [2.45, 2.75) is 30.7 Å². The Balaban J connectivity index is 2.12. The van der Waals surface area contributed by atoms with Crippen molar-refractivity contribution in [1.82, 2.24) is 10.0 Å². The van der Waals surface area contributed by atoms with Gasteiger partial charge in [-0.2, -0.15) is 0 Å². The molecule has 0 bridgehead atoms. The minimum atomic E-state index is -3.48. The number of hydrogen-bond acceptors (Lipinski definition) is 3. The summed E-state index contributed by atoms with van der Waals surface area (Å²) in [6, 6.07) is 5.12. The topological polar surface area (TPSA) is 58.2 Å². The summed E-state index contributed by atoms with van der Waals surface area (Å²) < 4.78 is 27.0. The smallest absolute Gasteiger partial charge is 0.240 e. The van der Waals surface area contributed by atoms with Crippen molar-refractivity contribution in [3.63, 3.8) is 0 Å². The molecule has 0 radical (unpaired) electrons. The Morgan fingerprint density at radius 1 is 1.50 bits per heavy atom. The lowest BCUT2D eigenvalue weighted by molar-refractivity contribution is 0.551. The lowest BCUT2D eigenvalue weighted by Crippen LogP contribution is -2.37. The number of benzene rings is 1. The zero-order chi connectivity index (χ0) is 13.2. The van der Waals surface area contributed by atoms with Gasteiger partial charge in [-0.25, -0.2) is 13.1 Å². The van der Waals surface area contributed by atoms with Gasteiger partial charge in [-0.3, -0.25) is 0 Å². The molecule has 0 saturated carbocycles. The first-order valence-corrected chi connectivity index (χ1v) is 7.84. The van der Waals surface area contributed by atoms with Crippen LogP contribution in [-0.2, 0) is 10.0 Å². The van der Waals surface area contributed by atoms with E-state index >= 15 is 0 Å². The van der Waals surface area contributed by atoms with Crippen LogP contribution in [0.4, 0.5) is 0 Å². The fourth-order valence-electron chi connectivity index (χ4n) is 2.08. The van der Waals surface area contributed by atoms with Crippen molar-refractivity contribution in [3.05, 3.63) is 28.8 Å². The maximum Gasteiger partial charge on any atom is 0.240 e. The third-order valence-corrected chi connectivity index (χ3v) is 4.92. The minimum absolute atomic E-state index is 0.235. The zero-order valence-corrected chi connectivity index (χ0v) is 11.8. The second kappa shape index (κ2) is 5.57. The summed E-state index contributed by atoms with van der Waals surface area (Å²) in [7, 11) is -3.48.